The van der Waals surface area contributed by atoms with Crippen molar-refractivity contribution in [2.75, 3.05) is 0 Å². The molecule has 4 aliphatic rings. The van der Waals surface area contributed by atoms with Gasteiger partial charge < -0.3 is 5.11 Å². The Morgan fingerprint density at radius 1 is 0.864 bits per heavy atom. The average molecular weight is 305 g/mol. The summed E-state index contributed by atoms with van der Waals surface area (Å²) in [5, 5.41) is 11.3. The van der Waals surface area contributed by atoms with E-state index in [0.29, 0.717) is 28.6 Å². The van der Waals surface area contributed by atoms with Gasteiger partial charge in [-0.1, -0.05) is 47.0 Å². The fourth-order valence-electron chi connectivity index (χ4n) is 8.20. The van der Waals surface area contributed by atoms with Crippen molar-refractivity contribution in [2.45, 2.75) is 85.2 Å². The van der Waals surface area contributed by atoms with E-state index in [0.717, 1.165) is 17.8 Å². The lowest BCUT2D eigenvalue weighted by molar-refractivity contribution is -0.196. The van der Waals surface area contributed by atoms with Crippen molar-refractivity contribution in [1.29, 1.82) is 0 Å². The Morgan fingerprint density at radius 2 is 1.59 bits per heavy atom. The van der Waals surface area contributed by atoms with E-state index < -0.39 is 0 Å². The maximum absolute atomic E-state index is 11.3. The third-order valence-electron chi connectivity index (χ3n) is 9.22. The van der Waals surface area contributed by atoms with Gasteiger partial charge in [-0.05, 0) is 78.4 Å². The van der Waals surface area contributed by atoms with Crippen LogP contribution in [0.25, 0.3) is 0 Å². The number of fused-ring (bicyclic) bond motifs is 5. The molecule has 0 spiro atoms. The van der Waals surface area contributed by atoms with Crippen LogP contribution in [0.15, 0.2) is 0 Å². The molecule has 1 heteroatoms. The van der Waals surface area contributed by atoms with Gasteiger partial charge in [0.15, 0.2) is 0 Å². The first-order valence-corrected chi connectivity index (χ1v) is 10.1. The van der Waals surface area contributed by atoms with Crippen molar-refractivity contribution in [3.05, 3.63) is 0 Å². The van der Waals surface area contributed by atoms with Crippen LogP contribution < -0.4 is 0 Å². The van der Waals surface area contributed by atoms with E-state index in [1.807, 2.05) is 0 Å². The molecular formula is C21H36O. The maximum atomic E-state index is 11.3. The molecule has 4 aliphatic carbocycles. The zero-order valence-electron chi connectivity index (χ0n) is 15.1. The van der Waals surface area contributed by atoms with Gasteiger partial charge in [0.1, 0.15) is 0 Å². The van der Waals surface area contributed by atoms with Gasteiger partial charge in [-0.15, -0.1) is 0 Å². The molecule has 0 aromatic carbocycles. The van der Waals surface area contributed by atoms with Gasteiger partial charge in [0.05, 0.1) is 6.10 Å². The van der Waals surface area contributed by atoms with Gasteiger partial charge >= 0.3 is 0 Å². The van der Waals surface area contributed by atoms with Gasteiger partial charge in [-0.25, -0.2) is 0 Å². The van der Waals surface area contributed by atoms with E-state index in [4.69, 9.17) is 0 Å². The Labute approximate surface area is 137 Å². The van der Waals surface area contributed by atoms with E-state index in [9.17, 15) is 5.11 Å². The van der Waals surface area contributed by atoms with Gasteiger partial charge in [0.2, 0.25) is 0 Å². The third kappa shape index (κ3) is 1.87. The minimum absolute atomic E-state index is 0.0514. The molecule has 4 rings (SSSR count). The van der Waals surface area contributed by atoms with Crippen molar-refractivity contribution in [3.63, 3.8) is 0 Å². The van der Waals surface area contributed by atoms with Gasteiger partial charge in [0.25, 0.3) is 0 Å². The highest BCUT2D eigenvalue weighted by molar-refractivity contribution is 5.11. The molecule has 22 heavy (non-hydrogen) atoms. The summed E-state index contributed by atoms with van der Waals surface area (Å²) in [6.45, 7) is 9.95. The van der Waals surface area contributed by atoms with Crippen molar-refractivity contribution in [3.8, 4) is 0 Å². The fourth-order valence-corrected chi connectivity index (χ4v) is 8.20. The van der Waals surface area contributed by atoms with E-state index in [1.165, 1.54) is 51.4 Å². The second-order valence-corrected chi connectivity index (χ2v) is 10.1. The summed E-state index contributed by atoms with van der Waals surface area (Å²) in [6.07, 6.45) is 11.3. The molecule has 0 radical (unpaired) electrons. The normalized spacial score (nSPS) is 61.2. The summed E-state index contributed by atoms with van der Waals surface area (Å²) < 4.78 is 0. The Bertz CT molecular complexity index is 445. The largest absolute Gasteiger partial charge is 0.393 e. The fraction of sp³-hybridized carbons (Fsp3) is 1.00. The van der Waals surface area contributed by atoms with E-state index in [-0.39, 0.29) is 6.10 Å². The highest BCUT2D eigenvalue weighted by Crippen LogP contribution is 2.68. The first-order valence-electron chi connectivity index (χ1n) is 10.1. The predicted molar refractivity (Wildman–Crippen MR) is 91.4 cm³/mol. The van der Waals surface area contributed by atoms with E-state index in [2.05, 4.69) is 27.7 Å². The van der Waals surface area contributed by atoms with Crippen LogP contribution in [0.4, 0.5) is 0 Å². The first kappa shape index (κ1) is 15.5. The summed E-state index contributed by atoms with van der Waals surface area (Å²) in [5.74, 6) is 4.37. The van der Waals surface area contributed by atoms with Crippen LogP contribution >= 0.6 is 0 Å². The van der Waals surface area contributed by atoms with Crippen molar-refractivity contribution in [2.24, 2.45) is 46.3 Å². The summed E-state index contributed by atoms with van der Waals surface area (Å²) in [4.78, 5) is 0. The SMILES string of the molecule is CC1CCC[C@@]2(C)[C@H]1[C@@H](O)[C@H](C)[C@H]1[C@@H]3CCC[C@@]3(C)CC[C@@H]12. The minimum atomic E-state index is -0.0514. The number of rotatable bonds is 0. The smallest absolute Gasteiger partial charge is 0.0604 e. The third-order valence-corrected chi connectivity index (χ3v) is 9.22. The Kier molecular flexibility index (Phi) is 3.50. The molecule has 4 saturated carbocycles. The van der Waals surface area contributed by atoms with Crippen molar-refractivity contribution < 1.29 is 5.11 Å². The summed E-state index contributed by atoms with van der Waals surface area (Å²) in [5.41, 5.74) is 1.01. The van der Waals surface area contributed by atoms with Crippen LogP contribution in [0.2, 0.25) is 0 Å². The van der Waals surface area contributed by atoms with Crippen molar-refractivity contribution in [1.82, 2.24) is 0 Å². The lowest BCUT2D eigenvalue weighted by atomic mass is 9.41. The summed E-state index contributed by atoms with van der Waals surface area (Å²) >= 11 is 0. The predicted octanol–water partition coefficient (Wildman–Crippen LogP) is 5.27. The summed E-state index contributed by atoms with van der Waals surface area (Å²) in [6, 6.07) is 0. The molecule has 0 aromatic heterocycles. The highest BCUT2D eigenvalue weighted by Gasteiger charge is 2.62. The second kappa shape index (κ2) is 4.98. The first-order chi connectivity index (χ1) is 10.4. The van der Waals surface area contributed by atoms with Crippen LogP contribution in [0.3, 0.4) is 0 Å². The zero-order chi connectivity index (χ0) is 15.7. The molecule has 0 heterocycles. The number of aliphatic hydroxyl groups excluding tert-OH is 1. The molecule has 4 fully saturated rings. The van der Waals surface area contributed by atoms with E-state index in [1.54, 1.807) is 0 Å². The molecule has 0 saturated heterocycles. The molecule has 9 atom stereocenters. The van der Waals surface area contributed by atoms with Crippen LogP contribution in [-0.4, -0.2) is 11.2 Å². The summed E-state index contributed by atoms with van der Waals surface area (Å²) in [7, 11) is 0. The van der Waals surface area contributed by atoms with Gasteiger partial charge in [-0.3, -0.25) is 0 Å². The van der Waals surface area contributed by atoms with Crippen LogP contribution in [0.1, 0.15) is 79.1 Å². The lowest BCUT2D eigenvalue weighted by Gasteiger charge is -2.64. The Hall–Kier alpha value is -0.0400. The standard InChI is InChI=1S/C21H36O/c1-13-7-5-11-21(4)16-9-12-20(3)10-6-8-15(20)17(16)14(2)19(22)18(13)21/h13-19,22H,5-12H2,1-4H3/t13?,14-,15+,16+,17+,18-,19+,20+,21-/m1/s1. The molecule has 0 amide bonds. The second-order valence-electron chi connectivity index (χ2n) is 10.1. The van der Waals surface area contributed by atoms with Crippen molar-refractivity contribution >= 4 is 0 Å². The Morgan fingerprint density at radius 3 is 2.36 bits per heavy atom. The van der Waals surface area contributed by atoms with E-state index >= 15 is 0 Å². The molecular weight excluding hydrogens is 268 g/mol. The van der Waals surface area contributed by atoms with Crippen LogP contribution in [-0.2, 0) is 0 Å². The monoisotopic (exact) mass is 304 g/mol. The molecule has 1 nitrogen and oxygen atoms in total. The van der Waals surface area contributed by atoms with Gasteiger partial charge in [0, 0.05) is 0 Å². The molecule has 1 unspecified atom stereocenters. The van der Waals surface area contributed by atoms with Crippen LogP contribution in [0.5, 0.6) is 0 Å². The molecule has 0 aromatic rings. The number of aliphatic hydroxyl groups is 1. The number of hydrogen-bond acceptors (Lipinski definition) is 1. The molecule has 0 aliphatic heterocycles. The minimum Gasteiger partial charge on any atom is -0.393 e. The van der Waals surface area contributed by atoms with Gasteiger partial charge in [-0.2, -0.15) is 0 Å². The zero-order valence-corrected chi connectivity index (χ0v) is 15.1. The average Bonchev–Trinajstić information content (AvgIpc) is 2.85. The molecule has 126 valence electrons. The topological polar surface area (TPSA) is 20.2 Å². The van der Waals surface area contributed by atoms with Crippen LogP contribution in [0, 0.1) is 46.3 Å². The number of hydrogen-bond donors (Lipinski definition) is 1. The maximum Gasteiger partial charge on any atom is 0.0604 e. The Balaban J connectivity index is 1.74. The molecule has 0 bridgehead atoms. The lowest BCUT2D eigenvalue weighted by Crippen LogP contribution is -2.61. The molecule has 1 N–H and O–H groups in total. The quantitative estimate of drug-likeness (QED) is 0.646. The highest BCUT2D eigenvalue weighted by atomic mass is 16.3.